The van der Waals surface area contributed by atoms with Gasteiger partial charge in [-0.05, 0) is 18.9 Å². The van der Waals surface area contributed by atoms with Crippen molar-refractivity contribution < 1.29 is 19.2 Å². The molecule has 0 aromatic heterocycles. The maximum absolute atomic E-state index is 13.5. The Balaban J connectivity index is 2.65. The third-order valence-corrected chi connectivity index (χ3v) is 2.64. The third kappa shape index (κ3) is 4.29. The molecule has 1 aromatic carbocycles. The van der Waals surface area contributed by atoms with Gasteiger partial charge in [-0.1, -0.05) is 6.92 Å². The molecule has 1 atom stereocenters. The monoisotopic (exact) mass is 270 g/mol. The minimum Gasteiger partial charge on any atom is -0.393 e. The molecule has 0 spiro atoms. The van der Waals surface area contributed by atoms with E-state index in [1.165, 1.54) is 0 Å². The predicted molar refractivity (Wildman–Crippen MR) is 66.3 cm³/mol. The Morgan fingerprint density at radius 3 is 2.79 bits per heavy atom. The number of hydrogen-bond donors (Lipinski definition) is 2. The van der Waals surface area contributed by atoms with Crippen molar-refractivity contribution in [3.05, 3.63) is 39.7 Å². The first kappa shape index (κ1) is 15.0. The van der Waals surface area contributed by atoms with Crippen molar-refractivity contribution >= 4 is 11.6 Å². The Morgan fingerprint density at radius 1 is 1.58 bits per heavy atom. The van der Waals surface area contributed by atoms with Gasteiger partial charge in [0.05, 0.1) is 22.7 Å². The Bertz CT molecular complexity index is 479. The van der Waals surface area contributed by atoms with E-state index in [0.29, 0.717) is 18.9 Å². The number of hydrogen-bond acceptors (Lipinski definition) is 4. The molecule has 0 aliphatic rings. The summed E-state index contributed by atoms with van der Waals surface area (Å²) in [6.45, 7) is 2.02. The second-order valence-electron chi connectivity index (χ2n) is 4.03. The van der Waals surface area contributed by atoms with E-state index < -0.39 is 28.4 Å². The molecule has 1 aromatic rings. The van der Waals surface area contributed by atoms with Crippen LogP contribution in [0.4, 0.5) is 10.1 Å². The van der Waals surface area contributed by atoms with E-state index in [-0.39, 0.29) is 12.1 Å². The van der Waals surface area contributed by atoms with Crippen LogP contribution in [-0.4, -0.2) is 28.6 Å². The lowest BCUT2D eigenvalue weighted by Crippen LogP contribution is -2.27. The van der Waals surface area contributed by atoms with Gasteiger partial charge in [-0.25, -0.2) is 4.39 Å². The third-order valence-electron chi connectivity index (χ3n) is 2.64. The summed E-state index contributed by atoms with van der Waals surface area (Å²) in [7, 11) is 0. The van der Waals surface area contributed by atoms with Crippen molar-refractivity contribution in [3.8, 4) is 0 Å². The highest BCUT2D eigenvalue weighted by Gasteiger charge is 2.16. The van der Waals surface area contributed by atoms with Crippen molar-refractivity contribution in [2.75, 3.05) is 6.54 Å². The Kier molecular flexibility index (Phi) is 5.37. The summed E-state index contributed by atoms with van der Waals surface area (Å²) in [5.41, 5.74) is -0.660. The molecule has 0 saturated carbocycles. The van der Waals surface area contributed by atoms with E-state index in [4.69, 9.17) is 0 Å². The van der Waals surface area contributed by atoms with Gasteiger partial charge in [0.2, 0.25) is 0 Å². The zero-order valence-corrected chi connectivity index (χ0v) is 10.4. The number of aliphatic hydroxyl groups excluding tert-OH is 1. The van der Waals surface area contributed by atoms with E-state index in [2.05, 4.69) is 5.32 Å². The number of nitro benzene ring substituents is 1. The lowest BCUT2D eigenvalue weighted by molar-refractivity contribution is -0.385. The average Bonchev–Trinajstić information content (AvgIpc) is 2.37. The van der Waals surface area contributed by atoms with Gasteiger partial charge in [0.1, 0.15) is 5.82 Å². The molecule has 19 heavy (non-hydrogen) atoms. The van der Waals surface area contributed by atoms with Gasteiger partial charge in [-0.3, -0.25) is 14.9 Å². The largest absolute Gasteiger partial charge is 0.393 e. The van der Waals surface area contributed by atoms with Crippen LogP contribution >= 0.6 is 0 Å². The highest BCUT2D eigenvalue weighted by atomic mass is 19.1. The summed E-state index contributed by atoms with van der Waals surface area (Å²) in [6.07, 6.45) is 0.431. The molecular weight excluding hydrogens is 255 g/mol. The van der Waals surface area contributed by atoms with Gasteiger partial charge >= 0.3 is 0 Å². The number of benzene rings is 1. The Morgan fingerprint density at radius 2 is 2.26 bits per heavy atom. The van der Waals surface area contributed by atoms with Crippen molar-refractivity contribution in [1.82, 2.24) is 5.32 Å². The molecule has 6 nitrogen and oxygen atoms in total. The van der Waals surface area contributed by atoms with Crippen LogP contribution in [0.3, 0.4) is 0 Å². The van der Waals surface area contributed by atoms with Gasteiger partial charge < -0.3 is 10.4 Å². The molecular formula is C12H15FN2O4. The number of amides is 1. The quantitative estimate of drug-likeness (QED) is 0.607. The Hall–Kier alpha value is -2.02. The standard InChI is InChI=1S/C12H15FN2O4/c1-2-9(16)5-6-14-12(17)10-4-3-8(15(18)19)7-11(10)13/h3-4,7,9,16H,2,5-6H2,1H3,(H,14,17). The normalized spacial score (nSPS) is 11.9. The molecule has 0 aliphatic carbocycles. The topological polar surface area (TPSA) is 92.5 Å². The van der Waals surface area contributed by atoms with Gasteiger partial charge in [0, 0.05) is 12.6 Å². The summed E-state index contributed by atoms with van der Waals surface area (Å²) in [5.74, 6) is -1.60. The van der Waals surface area contributed by atoms with Crippen molar-refractivity contribution in [1.29, 1.82) is 0 Å². The van der Waals surface area contributed by atoms with Crippen LogP contribution < -0.4 is 5.32 Å². The zero-order valence-electron chi connectivity index (χ0n) is 10.4. The molecule has 104 valence electrons. The van der Waals surface area contributed by atoms with Crippen LogP contribution in [0.25, 0.3) is 0 Å². The first-order valence-corrected chi connectivity index (χ1v) is 5.86. The summed E-state index contributed by atoms with van der Waals surface area (Å²) >= 11 is 0. The smallest absolute Gasteiger partial charge is 0.272 e. The van der Waals surface area contributed by atoms with Crippen LogP contribution in [0.2, 0.25) is 0 Å². The molecule has 0 saturated heterocycles. The lowest BCUT2D eigenvalue weighted by atomic mass is 10.1. The summed E-state index contributed by atoms with van der Waals surface area (Å²) in [4.78, 5) is 21.3. The van der Waals surface area contributed by atoms with E-state index in [9.17, 15) is 24.4 Å². The summed E-state index contributed by atoms with van der Waals surface area (Å²) < 4.78 is 13.5. The first-order valence-electron chi connectivity index (χ1n) is 5.86. The highest BCUT2D eigenvalue weighted by molar-refractivity contribution is 5.94. The zero-order chi connectivity index (χ0) is 14.4. The summed E-state index contributed by atoms with van der Waals surface area (Å²) in [5, 5.41) is 22.2. The SMILES string of the molecule is CCC(O)CCNC(=O)c1ccc([N+](=O)[O-])cc1F. The number of aliphatic hydroxyl groups is 1. The van der Waals surface area contributed by atoms with Crippen LogP contribution in [-0.2, 0) is 0 Å². The molecule has 1 unspecified atom stereocenters. The number of nitrogens with zero attached hydrogens (tertiary/aromatic N) is 1. The number of halogens is 1. The molecule has 0 heterocycles. The fraction of sp³-hybridized carbons (Fsp3) is 0.417. The fourth-order valence-corrected chi connectivity index (χ4v) is 1.45. The molecule has 7 heteroatoms. The number of rotatable bonds is 6. The molecule has 2 N–H and O–H groups in total. The van der Waals surface area contributed by atoms with Gasteiger partial charge in [-0.2, -0.15) is 0 Å². The number of carbonyl (C=O) groups is 1. The molecule has 0 radical (unpaired) electrons. The van der Waals surface area contributed by atoms with Crippen LogP contribution in [0, 0.1) is 15.9 Å². The van der Waals surface area contributed by atoms with Crippen LogP contribution in [0.15, 0.2) is 18.2 Å². The average molecular weight is 270 g/mol. The second-order valence-corrected chi connectivity index (χ2v) is 4.03. The van der Waals surface area contributed by atoms with Crippen LogP contribution in [0.5, 0.6) is 0 Å². The number of non-ortho nitro benzene ring substituents is 1. The first-order chi connectivity index (χ1) is 8.95. The maximum atomic E-state index is 13.5. The van der Waals surface area contributed by atoms with Crippen LogP contribution in [0.1, 0.15) is 30.1 Å². The molecule has 0 fully saturated rings. The number of nitrogens with one attached hydrogen (secondary N) is 1. The predicted octanol–water partition coefficient (Wildman–Crippen LogP) is 1.62. The van der Waals surface area contributed by atoms with Crippen molar-refractivity contribution in [2.45, 2.75) is 25.9 Å². The number of nitro groups is 1. The van der Waals surface area contributed by atoms with Gasteiger partial charge in [0.15, 0.2) is 0 Å². The minimum atomic E-state index is -0.942. The van der Waals surface area contributed by atoms with Crippen molar-refractivity contribution in [3.63, 3.8) is 0 Å². The number of carbonyl (C=O) groups excluding carboxylic acids is 1. The molecule has 0 bridgehead atoms. The minimum absolute atomic E-state index is 0.213. The summed E-state index contributed by atoms with van der Waals surface area (Å²) in [6, 6.07) is 2.84. The maximum Gasteiger partial charge on any atom is 0.272 e. The van der Waals surface area contributed by atoms with E-state index in [0.717, 1.165) is 12.1 Å². The van der Waals surface area contributed by atoms with E-state index in [1.807, 2.05) is 6.92 Å². The van der Waals surface area contributed by atoms with Crippen molar-refractivity contribution in [2.24, 2.45) is 0 Å². The van der Waals surface area contributed by atoms with E-state index in [1.54, 1.807) is 0 Å². The Labute approximate surface area is 109 Å². The molecule has 0 aliphatic heterocycles. The van der Waals surface area contributed by atoms with Gasteiger partial charge in [0.25, 0.3) is 11.6 Å². The lowest BCUT2D eigenvalue weighted by Gasteiger charge is -2.09. The molecule has 1 amide bonds. The highest BCUT2D eigenvalue weighted by Crippen LogP contribution is 2.16. The second kappa shape index (κ2) is 6.79. The molecule has 1 rings (SSSR count). The van der Waals surface area contributed by atoms with Gasteiger partial charge in [-0.15, -0.1) is 0 Å². The fourth-order valence-electron chi connectivity index (χ4n) is 1.45. The van der Waals surface area contributed by atoms with E-state index >= 15 is 0 Å².